The lowest BCUT2D eigenvalue weighted by atomic mass is 10.0. The summed E-state index contributed by atoms with van der Waals surface area (Å²) in [5, 5.41) is 0.604. The molecule has 0 radical (unpaired) electrons. The summed E-state index contributed by atoms with van der Waals surface area (Å²) in [5.41, 5.74) is 6.66. The highest BCUT2D eigenvalue weighted by Crippen LogP contribution is 2.26. The molecule has 0 saturated carbocycles. The molecule has 1 aliphatic heterocycles. The molecule has 0 aliphatic carbocycles. The van der Waals surface area contributed by atoms with E-state index in [4.69, 9.17) is 17.3 Å². The maximum Gasteiger partial charge on any atom is 0.250 e. The van der Waals surface area contributed by atoms with E-state index in [1.165, 1.54) is 6.07 Å². The molecule has 2 heterocycles. The van der Waals surface area contributed by atoms with Crippen LogP contribution in [0.2, 0.25) is 5.02 Å². The van der Waals surface area contributed by atoms with Gasteiger partial charge in [0.1, 0.15) is 0 Å². The van der Waals surface area contributed by atoms with Gasteiger partial charge in [-0.3, -0.25) is 4.79 Å². The second kappa shape index (κ2) is 3.16. The van der Waals surface area contributed by atoms with Crippen molar-refractivity contribution < 1.29 is 0 Å². The van der Waals surface area contributed by atoms with E-state index >= 15 is 0 Å². The maximum atomic E-state index is 11.4. The van der Waals surface area contributed by atoms with E-state index < -0.39 is 0 Å². The van der Waals surface area contributed by atoms with Crippen LogP contribution in [0.5, 0.6) is 0 Å². The SMILES string of the molecule is NC1CCCn2c1c(Cl)ccc2=O. The molecule has 0 amide bonds. The molecule has 0 spiro atoms. The summed E-state index contributed by atoms with van der Waals surface area (Å²) in [5.74, 6) is 0. The van der Waals surface area contributed by atoms with Gasteiger partial charge in [0.25, 0.3) is 5.56 Å². The van der Waals surface area contributed by atoms with E-state index in [0.29, 0.717) is 5.02 Å². The van der Waals surface area contributed by atoms with Crippen LogP contribution in [0.3, 0.4) is 0 Å². The third-order valence-corrected chi connectivity index (χ3v) is 2.74. The van der Waals surface area contributed by atoms with E-state index in [2.05, 4.69) is 0 Å². The highest BCUT2D eigenvalue weighted by Gasteiger charge is 2.19. The van der Waals surface area contributed by atoms with Crippen molar-refractivity contribution in [1.82, 2.24) is 4.57 Å². The molecule has 2 N–H and O–H groups in total. The normalized spacial score (nSPS) is 21.2. The lowest BCUT2D eigenvalue weighted by Gasteiger charge is -2.24. The zero-order chi connectivity index (χ0) is 9.42. The van der Waals surface area contributed by atoms with Crippen molar-refractivity contribution in [2.45, 2.75) is 25.4 Å². The molecule has 1 aliphatic rings. The van der Waals surface area contributed by atoms with Gasteiger partial charge in [-0.2, -0.15) is 0 Å². The summed E-state index contributed by atoms with van der Waals surface area (Å²) < 4.78 is 1.68. The van der Waals surface area contributed by atoms with Gasteiger partial charge in [-0.25, -0.2) is 0 Å². The largest absolute Gasteiger partial charge is 0.323 e. The summed E-state index contributed by atoms with van der Waals surface area (Å²) in [6.07, 6.45) is 1.86. The first-order valence-corrected chi connectivity index (χ1v) is 4.73. The Morgan fingerprint density at radius 3 is 3.00 bits per heavy atom. The number of rotatable bonds is 0. The number of hydrogen-bond acceptors (Lipinski definition) is 2. The summed E-state index contributed by atoms with van der Waals surface area (Å²) in [4.78, 5) is 11.4. The van der Waals surface area contributed by atoms with Gasteiger partial charge in [0.05, 0.1) is 10.7 Å². The molecule has 1 aromatic rings. The van der Waals surface area contributed by atoms with E-state index in [1.807, 2.05) is 0 Å². The van der Waals surface area contributed by atoms with Gasteiger partial charge in [-0.15, -0.1) is 0 Å². The van der Waals surface area contributed by atoms with Crippen molar-refractivity contribution in [3.05, 3.63) is 33.2 Å². The van der Waals surface area contributed by atoms with Crippen LogP contribution in [0.4, 0.5) is 0 Å². The summed E-state index contributed by atoms with van der Waals surface area (Å²) in [6.45, 7) is 0.739. The number of hydrogen-bond donors (Lipinski definition) is 1. The number of halogens is 1. The van der Waals surface area contributed by atoms with Crippen LogP contribution in [0.15, 0.2) is 16.9 Å². The lowest BCUT2D eigenvalue weighted by Crippen LogP contribution is -2.31. The number of aromatic nitrogens is 1. The van der Waals surface area contributed by atoms with Crippen molar-refractivity contribution in [3.63, 3.8) is 0 Å². The zero-order valence-corrected chi connectivity index (χ0v) is 7.92. The highest BCUT2D eigenvalue weighted by atomic mass is 35.5. The zero-order valence-electron chi connectivity index (χ0n) is 7.16. The Morgan fingerprint density at radius 2 is 2.31 bits per heavy atom. The summed E-state index contributed by atoms with van der Waals surface area (Å²) >= 11 is 5.97. The van der Waals surface area contributed by atoms with Gasteiger partial charge in [-0.1, -0.05) is 11.6 Å². The first-order valence-electron chi connectivity index (χ1n) is 4.35. The highest BCUT2D eigenvalue weighted by molar-refractivity contribution is 6.31. The molecule has 70 valence electrons. The third kappa shape index (κ3) is 1.38. The predicted molar refractivity (Wildman–Crippen MR) is 51.9 cm³/mol. The second-order valence-corrected chi connectivity index (χ2v) is 3.71. The molecule has 1 atom stereocenters. The third-order valence-electron chi connectivity index (χ3n) is 2.42. The predicted octanol–water partition coefficient (Wildman–Crippen LogP) is 1.30. The maximum absolute atomic E-state index is 11.4. The molecule has 0 bridgehead atoms. The Kier molecular flexibility index (Phi) is 2.14. The van der Waals surface area contributed by atoms with E-state index in [1.54, 1.807) is 10.6 Å². The molecule has 1 unspecified atom stereocenters. The lowest BCUT2D eigenvalue weighted by molar-refractivity contribution is 0.448. The number of fused-ring (bicyclic) bond motifs is 1. The van der Waals surface area contributed by atoms with Gasteiger partial charge in [0, 0.05) is 18.7 Å². The van der Waals surface area contributed by atoms with Gasteiger partial charge in [0.2, 0.25) is 0 Å². The van der Waals surface area contributed by atoms with Gasteiger partial charge in [-0.05, 0) is 18.9 Å². The molecule has 0 fully saturated rings. The van der Waals surface area contributed by atoms with Crippen LogP contribution < -0.4 is 11.3 Å². The number of pyridine rings is 1. The van der Waals surface area contributed by atoms with Crippen LogP contribution in [-0.2, 0) is 6.54 Å². The van der Waals surface area contributed by atoms with Gasteiger partial charge >= 0.3 is 0 Å². The molecule has 0 saturated heterocycles. The van der Waals surface area contributed by atoms with E-state index in [-0.39, 0.29) is 11.6 Å². The van der Waals surface area contributed by atoms with Gasteiger partial charge < -0.3 is 10.3 Å². The average Bonchev–Trinajstić information content (AvgIpc) is 2.12. The fourth-order valence-corrected chi connectivity index (χ4v) is 2.09. The van der Waals surface area contributed by atoms with Crippen LogP contribution in [0, 0.1) is 0 Å². The van der Waals surface area contributed by atoms with Crippen LogP contribution in [-0.4, -0.2) is 4.57 Å². The molecule has 1 aromatic heterocycles. The standard InChI is InChI=1S/C9H11ClN2O/c10-6-3-4-8(13)12-5-1-2-7(11)9(6)12/h3-4,7H,1-2,5,11H2. The molecule has 4 heteroatoms. The smallest absolute Gasteiger partial charge is 0.250 e. The Morgan fingerprint density at radius 1 is 1.54 bits per heavy atom. The number of nitrogens with two attached hydrogens (primary N) is 1. The second-order valence-electron chi connectivity index (χ2n) is 3.31. The van der Waals surface area contributed by atoms with Crippen LogP contribution in [0.25, 0.3) is 0 Å². The van der Waals surface area contributed by atoms with Gasteiger partial charge in [0.15, 0.2) is 0 Å². The van der Waals surface area contributed by atoms with Crippen molar-refractivity contribution in [3.8, 4) is 0 Å². The van der Waals surface area contributed by atoms with E-state index in [9.17, 15) is 4.79 Å². The average molecular weight is 199 g/mol. The Balaban J connectivity index is 2.67. The Labute approximate surface area is 81.1 Å². The minimum Gasteiger partial charge on any atom is -0.323 e. The molecular formula is C9H11ClN2O. The minimum atomic E-state index is -0.0878. The summed E-state index contributed by atoms with van der Waals surface area (Å²) in [6, 6.07) is 3.03. The Bertz CT molecular complexity index is 386. The van der Waals surface area contributed by atoms with Crippen molar-refractivity contribution in [1.29, 1.82) is 0 Å². The van der Waals surface area contributed by atoms with Crippen LogP contribution in [0.1, 0.15) is 24.6 Å². The minimum absolute atomic E-state index is 0.00505. The first kappa shape index (κ1) is 8.78. The first-order chi connectivity index (χ1) is 6.20. The van der Waals surface area contributed by atoms with Crippen molar-refractivity contribution in [2.75, 3.05) is 0 Å². The topological polar surface area (TPSA) is 48.0 Å². The molecule has 2 rings (SSSR count). The molecule has 0 aromatic carbocycles. The number of nitrogens with zero attached hydrogens (tertiary/aromatic N) is 1. The Hall–Kier alpha value is -0.800. The van der Waals surface area contributed by atoms with E-state index in [0.717, 1.165) is 25.1 Å². The molecular weight excluding hydrogens is 188 g/mol. The fourth-order valence-electron chi connectivity index (χ4n) is 1.78. The van der Waals surface area contributed by atoms with Crippen molar-refractivity contribution in [2.24, 2.45) is 5.73 Å². The van der Waals surface area contributed by atoms with Crippen LogP contribution >= 0.6 is 11.6 Å². The molecule has 3 nitrogen and oxygen atoms in total. The quantitative estimate of drug-likeness (QED) is 0.683. The summed E-state index contributed by atoms with van der Waals surface area (Å²) in [7, 11) is 0. The monoisotopic (exact) mass is 198 g/mol. The van der Waals surface area contributed by atoms with Crippen molar-refractivity contribution >= 4 is 11.6 Å². The fraction of sp³-hybridized carbons (Fsp3) is 0.444. The molecule has 13 heavy (non-hydrogen) atoms.